The maximum atomic E-state index is 12.6. The number of alkyl halides is 3. The predicted molar refractivity (Wildman–Crippen MR) is 83.0 cm³/mol. The van der Waals surface area contributed by atoms with Crippen molar-refractivity contribution in [2.75, 3.05) is 5.73 Å². The third-order valence-electron chi connectivity index (χ3n) is 3.71. The zero-order valence-electron chi connectivity index (χ0n) is 12.7. The number of aromatic amines is 1. The molecule has 0 saturated carbocycles. The third-order valence-corrected chi connectivity index (χ3v) is 3.71. The number of hydrogen-bond donors (Lipinski definition) is 2. The van der Waals surface area contributed by atoms with Crippen LogP contribution >= 0.6 is 0 Å². The van der Waals surface area contributed by atoms with E-state index in [0.29, 0.717) is 17.1 Å². The van der Waals surface area contributed by atoms with Crippen LogP contribution in [0.15, 0.2) is 42.7 Å². The monoisotopic (exact) mass is 333 g/mol. The van der Waals surface area contributed by atoms with E-state index in [2.05, 4.69) is 20.2 Å². The van der Waals surface area contributed by atoms with E-state index in [4.69, 9.17) is 5.73 Å². The lowest BCUT2D eigenvalue weighted by Gasteiger charge is -2.11. The van der Waals surface area contributed by atoms with E-state index in [1.807, 2.05) is 25.1 Å². The van der Waals surface area contributed by atoms with Gasteiger partial charge < -0.3 is 5.73 Å². The molecule has 3 N–H and O–H groups in total. The second-order valence-electron chi connectivity index (χ2n) is 5.38. The van der Waals surface area contributed by atoms with Crippen LogP contribution in [-0.4, -0.2) is 20.2 Å². The minimum Gasteiger partial charge on any atom is -0.382 e. The molecule has 0 amide bonds. The maximum Gasteiger partial charge on any atom is 0.434 e. The molecule has 2 aromatic heterocycles. The van der Waals surface area contributed by atoms with Gasteiger partial charge in [0, 0.05) is 23.2 Å². The van der Waals surface area contributed by atoms with E-state index in [-0.39, 0.29) is 5.92 Å². The molecule has 0 aliphatic carbocycles. The van der Waals surface area contributed by atoms with Gasteiger partial charge in [0.2, 0.25) is 0 Å². The van der Waals surface area contributed by atoms with Crippen LogP contribution in [0.4, 0.5) is 19.0 Å². The minimum atomic E-state index is -4.50. The summed E-state index contributed by atoms with van der Waals surface area (Å²) in [4.78, 5) is 7.31. The molecular weight excluding hydrogens is 319 g/mol. The van der Waals surface area contributed by atoms with E-state index < -0.39 is 11.9 Å². The van der Waals surface area contributed by atoms with Crippen molar-refractivity contribution in [1.29, 1.82) is 0 Å². The molecule has 124 valence electrons. The number of halogens is 3. The molecule has 0 aliphatic heterocycles. The van der Waals surface area contributed by atoms with Crippen LogP contribution in [0.25, 0.3) is 11.3 Å². The van der Waals surface area contributed by atoms with E-state index in [9.17, 15) is 13.2 Å². The third kappa shape index (κ3) is 3.22. The average Bonchev–Trinajstić information content (AvgIpc) is 3.00. The normalized spacial score (nSPS) is 13.0. The Kier molecular flexibility index (Phi) is 3.96. The zero-order chi connectivity index (χ0) is 17.3. The average molecular weight is 333 g/mol. The van der Waals surface area contributed by atoms with E-state index in [1.165, 1.54) is 0 Å². The van der Waals surface area contributed by atoms with Crippen LogP contribution in [0.5, 0.6) is 0 Å². The first kappa shape index (κ1) is 16.0. The van der Waals surface area contributed by atoms with Crippen molar-refractivity contribution in [2.45, 2.75) is 19.0 Å². The molecule has 3 rings (SSSR count). The lowest BCUT2D eigenvalue weighted by Crippen LogP contribution is -2.08. The van der Waals surface area contributed by atoms with Gasteiger partial charge >= 0.3 is 6.18 Å². The van der Waals surface area contributed by atoms with Gasteiger partial charge in [0.15, 0.2) is 5.69 Å². The molecule has 0 radical (unpaired) electrons. The standard InChI is InChI=1S/C16H14F3N5/c1-9(12-6-15(20)24-23-12)10-3-2-4-11(5-10)13-7-22-14(8-21-13)16(17,18)19/h2-9H,1H3,(H3,20,23,24). The van der Waals surface area contributed by atoms with Crippen LogP contribution in [-0.2, 0) is 6.18 Å². The molecule has 1 aromatic carbocycles. The van der Waals surface area contributed by atoms with Gasteiger partial charge in [-0.25, -0.2) is 4.98 Å². The summed E-state index contributed by atoms with van der Waals surface area (Å²) < 4.78 is 37.7. The first-order valence-corrected chi connectivity index (χ1v) is 7.15. The van der Waals surface area contributed by atoms with Gasteiger partial charge in [0.1, 0.15) is 5.82 Å². The second-order valence-corrected chi connectivity index (χ2v) is 5.38. The zero-order valence-corrected chi connectivity index (χ0v) is 12.7. The van der Waals surface area contributed by atoms with Crippen molar-refractivity contribution in [1.82, 2.24) is 20.2 Å². The molecule has 5 nitrogen and oxygen atoms in total. The summed E-state index contributed by atoms with van der Waals surface area (Å²) in [5, 5.41) is 6.76. The highest BCUT2D eigenvalue weighted by Crippen LogP contribution is 2.29. The van der Waals surface area contributed by atoms with Crippen molar-refractivity contribution in [3.63, 3.8) is 0 Å². The van der Waals surface area contributed by atoms with Crippen molar-refractivity contribution >= 4 is 5.82 Å². The summed E-state index contributed by atoms with van der Waals surface area (Å²) in [6.07, 6.45) is -2.63. The Morgan fingerprint density at radius 1 is 1.12 bits per heavy atom. The highest BCUT2D eigenvalue weighted by molar-refractivity contribution is 5.59. The quantitative estimate of drug-likeness (QED) is 0.767. The fraction of sp³-hybridized carbons (Fsp3) is 0.188. The number of nitrogens with two attached hydrogens (primary N) is 1. The Bertz CT molecular complexity index is 839. The second kappa shape index (κ2) is 5.95. The number of nitrogens with zero attached hydrogens (tertiary/aromatic N) is 3. The van der Waals surface area contributed by atoms with Crippen LogP contribution < -0.4 is 5.73 Å². The Balaban J connectivity index is 1.90. The number of rotatable bonds is 3. The fourth-order valence-electron chi connectivity index (χ4n) is 2.35. The van der Waals surface area contributed by atoms with Gasteiger partial charge in [0.25, 0.3) is 0 Å². The lowest BCUT2D eigenvalue weighted by atomic mass is 9.95. The molecule has 0 spiro atoms. The molecule has 1 atom stereocenters. The molecule has 1 unspecified atom stereocenters. The van der Waals surface area contributed by atoms with Crippen LogP contribution in [0.1, 0.15) is 29.8 Å². The van der Waals surface area contributed by atoms with Crippen molar-refractivity contribution < 1.29 is 13.2 Å². The van der Waals surface area contributed by atoms with Crippen LogP contribution in [0, 0.1) is 0 Å². The highest BCUT2D eigenvalue weighted by Gasteiger charge is 2.32. The van der Waals surface area contributed by atoms with Gasteiger partial charge in [-0.1, -0.05) is 25.1 Å². The van der Waals surface area contributed by atoms with Crippen LogP contribution in [0.2, 0.25) is 0 Å². The minimum absolute atomic E-state index is 0.00263. The van der Waals surface area contributed by atoms with Gasteiger partial charge in [0.05, 0.1) is 18.1 Å². The molecule has 0 saturated heterocycles. The summed E-state index contributed by atoms with van der Waals surface area (Å²) in [5.41, 5.74) is 7.47. The predicted octanol–water partition coefficient (Wildman–Crippen LogP) is 3.62. The number of nitrogen functional groups attached to an aromatic ring is 1. The van der Waals surface area contributed by atoms with Crippen LogP contribution in [0.3, 0.4) is 0 Å². The van der Waals surface area contributed by atoms with Crippen molar-refractivity contribution in [2.24, 2.45) is 0 Å². The number of benzene rings is 1. The van der Waals surface area contributed by atoms with Gasteiger partial charge in [-0.3, -0.25) is 10.1 Å². The van der Waals surface area contributed by atoms with Gasteiger partial charge in [-0.15, -0.1) is 0 Å². The highest BCUT2D eigenvalue weighted by atomic mass is 19.4. The summed E-state index contributed by atoms with van der Waals surface area (Å²) in [7, 11) is 0. The molecule has 0 fully saturated rings. The molecule has 0 aliphatic rings. The van der Waals surface area contributed by atoms with Gasteiger partial charge in [-0.05, 0) is 11.6 Å². The first-order chi connectivity index (χ1) is 11.3. The van der Waals surface area contributed by atoms with E-state index in [1.54, 1.807) is 12.1 Å². The number of aromatic nitrogens is 4. The van der Waals surface area contributed by atoms with Gasteiger partial charge in [-0.2, -0.15) is 18.3 Å². The molecule has 24 heavy (non-hydrogen) atoms. The smallest absolute Gasteiger partial charge is 0.382 e. The number of H-pyrrole nitrogens is 1. The summed E-state index contributed by atoms with van der Waals surface area (Å²) in [6.45, 7) is 1.98. The topological polar surface area (TPSA) is 80.5 Å². The fourth-order valence-corrected chi connectivity index (χ4v) is 2.35. The lowest BCUT2D eigenvalue weighted by molar-refractivity contribution is -0.141. The summed E-state index contributed by atoms with van der Waals surface area (Å²) in [6, 6.07) is 9.12. The Labute approximate surface area is 135 Å². The molecule has 2 heterocycles. The summed E-state index contributed by atoms with van der Waals surface area (Å²) >= 11 is 0. The van der Waals surface area contributed by atoms with Crippen molar-refractivity contribution in [3.8, 4) is 11.3 Å². The Morgan fingerprint density at radius 2 is 1.92 bits per heavy atom. The molecular formula is C16H14F3N5. The Hall–Kier alpha value is -2.90. The summed E-state index contributed by atoms with van der Waals surface area (Å²) in [5.74, 6) is 0.402. The molecule has 0 bridgehead atoms. The maximum absolute atomic E-state index is 12.6. The molecule has 3 aromatic rings. The van der Waals surface area contributed by atoms with E-state index >= 15 is 0 Å². The SMILES string of the molecule is CC(c1cccc(-c2cnc(C(F)(F)F)cn2)c1)c1cc(N)n[nH]1. The largest absolute Gasteiger partial charge is 0.434 e. The number of nitrogens with one attached hydrogen (secondary N) is 1. The first-order valence-electron chi connectivity index (χ1n) is 7.15. The number of hydrogen-bond acceptors (Lipinski definition) is 4. The van der Waals surface area contributed by atoms with Crippen molar-refractivity contribution in [3.05, 3.63) is 59.7 Å². The van der Waals surface area contributed by atoms with E-state index in [0.717, 1.165) is 23.7 Å². The Morgan fingerprint density at radius 3 is 2.50 bits per heavy atom. The number of anilines is 1. The molecule has 8 heteroatoms.